The van der Waals surface area contributed by atoms with Gasteiger partial charge in [-0.15, -0.1) is 0 Å². The van der Waals surface area contributed by atoms with E-state index < -0.39 is 26.4 Å². The summed E-state index contributed by atoms with van der Waals surface area (Å²) in [4.78, 5) is 9.82. The Morgan fingerprint density at radius 1 is 1.48 bits per heavy atom. The number of nitro groups is 1. The Balaban J connectivity index is 2.35. The van der Waals surface area contributed by atoms with Crippen LogP contribution in [0.3, 0.4) is 0 Å². The predicted octanol–water partition coefficient (Wildman–Crippen LogP) is 0.673. The van der Waals surface area contributed by atoms with Gasteiger partial charge in [0.05, 0.1) is 9.82 Å². The molecule has 1 unspecified atom stereocenters. The highest BCUT2D eigenvalue weighted by Gasteiger charge is 2.31. The Labute approximate surface area is 122 Å². The molecule has 9 heteroatoms. The van der Waals surface area contributed by atoms with Crippen molar-refractivity contribution in [3.8, 4) is 5.75 Å². The first-order chi connectivity index (χ1) is 9.86. The van der Waals surface area contributed by atoms with Gasteiger partial charge in [-0.1, -0.05) is 0 Å². The quantitative estimate of drug-likeness (QED) is 0.624. The van der Waals surface area contributed by atoms with Crippen LogP contribution in [0.4, 0.5) is 5.69 Å². The summed E-state index contributed by atoms with van der Waals surface area (Å²) in [6.45, 7) is 0.711. The number of nitrogens with one attached hydrogen (secondary N) is 1. The van der Waals surface area contributed by atoms with Gasteiger partial charge in [0.2, 0.25) is 10.0 Å². The first-order valence-electron chi connectivity index (χ1n) is 6.51. The molecule has 0 aliphatic carbocycles. The molecule has 0 spiro atoms. The summed E-state index contributed by atoms with van der Waals surface area (Å²) in [5.74, 6) is -0.550. The van der Waals surface area contributed by atoms with E-state index in [1.54, 1.807) is 7.05 Å². The second-order valence-electron chi connectivity index (χ2n) is 4.90. The number of sulfonamides is 1. The van der Waals surface area contributed by atoms with E-state index in [1.807, 2.05) is 0 Å². The second-order valence-corrected chi connectivity index (χ2v) is 6.84. The molecule has 1 aliphatic heterocycles. The van der Waals surface area contributed by atoms with E-state index >= 15 is 0 Å². The predicted molar refractivity (Wildman–Crippen MR) is 75.6 cm³/mol. The molecule has 0 bridgehead atoms. The summed E-state index contributed by atoms with van der Waals surface area (Å²) < 4.78 is 26.4. The normalized spacial score (nSPS) is 20.3. The Morgan fingerprint density at radius 2 is 2.19 bits per heavy atom. The van der Waals surface area contributed by atoms with Crippen LogP contribution in [0.2, 0.25) is 0 Å². The van der Waals surface area contributed by atoms with Crippen molar-refractivity contribution in [2.45, 2.75) is 23.8 Å². The molecule has 21 heavy (non-hydrogen) atoms. The summed E-state index contributed by atoms with van der Waals surface area (Å²) in [5, 5.41) is 23.2. The first-order valence-corrected chi connectivity index (χ1v) is 7.95. The molecule has 0 saturated carbocycles. The van der Waals surface area contributed by atoms with Crippen LogP contribution in [0.25, 0.3) is 0 Å². The lowest BCUT2D eigenvalue weighted by atomic mass is 10.1. The van der Waals surface area contributed by atoms with Gasteiger partial charge in [0.1, 0.15) is 0 Å². The van der Waals surface area contributed by atoms with Gasteiger partial charge in [0.15, 0.2) is 5.75 Å². The van der Waals surface area contributed by atoms with E-state index in [0.29, 0.717) is 13.1 Å². The minimum Gasteiger partial charge on any atom is -0.502 e. The van der Waals surface area contributed by atoms with Crippen LogP contribution in [0, 0.1) is 10.1 Å². The molecule has 1 fully saturated rings. The van der Waals surface area contributed by atoms with Gasteiger partial charge in [0.25, 0.3) is 0 Å². The highest BCUT2D eigenvalue weighted by atomic mass is 32.2. The fourth-order valence-electron chi connectivity index (χ4n) is 2.36. The van der Waals surface area contributed by atoms with Gasteiger partial charge in [0, 0.05) is 25.2 Å². The average Bonchev–Trinajstić information content (AvgIpc) is 2.47. The van der Waals surface area contributed by atoms with Gasteiger partial charge in [-0.3, -0.25) is 10.1 Å². The van der Waals surface area contributed by atoms with Crippen molar-refractivity contribution >= 4 is 15.7 Å². The number of benzene rings is 1. The van der Waals surface area contributed by atoms with Crippen LogP contribution in [0.5, 0.6) is 5.75 Å². The van der Waals surface area contributed by atoms with Crippen LogP contribution >= 0.6 is 0 Å². The molecule has 1 aromatic rings. The molecule has 8 nitrogen and oxygen atoms in total. The Morgan fingerprint density at radius 3 is 2.81 bits per heavy atom. The smallest absolute Gasteiger partial charge is 0.312 e. The van der Waals surface area contributed by atoms with E-state index in [1.165, 1.54) is 10.4 Å². The van der Waals surface area contributed by atoms with E-state index in [9.17, 15) is 23.6 Å². The maximum Gasteiger partial charge on any atom is 0.312 e. The zero-order valence-electron chi connectivity index (χ0n) is 11.5. The summed E-state index contributed by atoms with van der Waals surface area (Å²) >= 11 is 0. The topological polar surface area (TPSA) is 113 Å². The van der Waals surface area contributed by atoms with Gasteiger partial charge < -0.3 is 10.4 Å². The van der Waals surface area contributed by atoms with Crippen LogP contribution in [0.15, 0.2) is 23.1 Å². The van der Waals surface area contributed by atoms with Crippen molar-refractivity contribution in [3.05, 3.63) is 28.3 Å². The summed E-state index contributed by atoms with van der Waals surface area (Å²) in [6.07, 6.45) is 1.61. The van der Waals surface area contributed by atoms with Crippen molar-refractivity contribution < 1.29 is 18.4 Å². The summed E-state index contributed by atoms with van der Waals surface area (Å²) in [6, 6.07) is 3.18. The molecule has 0 aromatic heterocycles. The highest BCUT2D eigenvalue weighted by molar-refractivity contribution is 7.89. The number of piperidine rings is 1. The molecule has 1 atom stereocenters. The molecule has 116 valence electrons. The third-order valence-electron chi connectivity index (χ3n) is 3.57. The molecule has 0 amide bonds. The number of likely N-dealkylation sites (N-methyl/N-ethyl adjacent to an activating group) is 1. The zero-order valence-corrected chi connectivity index (χ0v) is 12.3. The number of hydrogen-bond donors (Lipinski definition) is 2. The van der Waals surface area contributed by atoms with Crippen LogP contribution < -0.4 is 5.32 Å². The highest BCUT2D eigenvalue weighted by Crippen LogP contribution is 2.30. The molecule has 1 saturated heterocycles. The van der Waals surface area contributed by atoms with Crippen molar-refractivity contribution in [1.29, 1.82) is 0 Å². The Kier molecular flexibility index (Phi) is 4.45. The van der Waals surface area contributed by atoms with E-state index in [2.05, 4.69) is 5.32 Å². The Hall–Kier alpha value is -1.71. The zero-order chi connectivity index (χ0) is 15.6. The third kappa shape index (κ3) is 3.14. The average molecular weight is 315 g/mol. The van der Waals surface area contributed by atoms with Crippen LogP contribution in [-0.2, 0) is 10.0 Å². The van der Waals surface area contributed by atoms with Gasteiger partial charge in [-0.05, 0) is 32.0 Å². The largest absolute Gasteiger partial charge is 0.502 e. The van der Waals surface area contributed by atoms with Gasteiger partial charge >= 0.3 is 5.69 Å². The Bertz CT molecular complexity index is 646. The standard InChI is InChI=1S/C12H17N3O5S/c1-13-9-3-2-6-14(8-9)21(19,20)10-4-5-12(16)11(7-10)15(17)18/h4-5,7,9,13,16H,2-3,6,8H2,1H3. The fraction of sp³-hybridized carbons (Fsp3) is 0.500. The number of nitro benzene ring substituents is 1. The monoisotopic (exact) mass is 315 g/mol. The lowest BCUT2D eigenvalue weighted by molar-refractivity contribution is -0.386. The van der Waals surface area contributed by atoms with E-state index in [0.717, 1.165) is 25.0 Å². The SMILES string of the molecule is CNC1CCCN(S(=O)(=O)c2ccc(O)c([N+](=O)[O-])c2)C1. The van der Waals surface area contributed by atoms with Crippen molar-refractivity contribution in [2.24, 2.45) is 0 Å². The van der Waals surface area contributed by atoms with E-state index in [-0.39, 0.29) is 10.9 Å². The molecule has 1 aromatic carbocycles. The van der Waals surface area contributed by atoms with Crippen molar-refractivity contribution in [3.63, 3.8) is 0 Å². The fourth-order valence-corrected chi connectivity index (χ4v) is 3.90. The summed E-state index contributed by atoms with van der Waals surface area (Å²) in [5.41, 5.74) is -0.613. The van der Waals surface area contributed by atoms with E-state index in [4.69, 9.17) is 0 Å². The number of hydrogen-bond acceptors (Lipinski definition) is 6. The molecule has 0 radical (unpaired) electrons. The van der Waals surface area contributed by atoms with Crippen molar-refractivity contribution in [2.75, 3.05) is 20.1 Å². The molecular weight excluding hydrogens is 298 g/mol. The maximum absolute atomic E-state index is 12.5. The second kappa shape index (κ2) is 5.96. The van der Waals surface area contributed by atoms with Crippen LogP contribution in [0.1, 0.15) is 12.8 Å². The van der Waals surface area contributed by atoms with Crippen LogP contribution in [-0.4, -0.2) is 48.9 Å². The molecule has 2 N–H and O–H groups in total. The van der Waals surface area contributed by atoms with Crippen molar-refractivity contribution in [1.82, 2.24) is 9.62 Å². The molecule has 1 heterocycles. The van der Waals surface area contributed by atoms with Gasteiger partial charge in [-0.25, -0.2) is 8.42 Å². The minimum absolute atomic E-state index is 0.0700. The number of phenols is 1. The first kappa shape index (κ1) is 15.7. The van der Waals surface area contributed by atoms with Gasteiger partial charge in [-0.2, -0.15) is 4.31 Å². The lowest BCUT2D eigenvalue weighted by Crippen LogP contribution is -2.46. The number of phenolic OH excluding ortho intramolecular Hbond substituents is 1. The molecule has 1 aliphatic rings. The maximum atomic E-state index is 12.5. The number of aromatic hydroxyl groups is 1. The summed E-state index contributed by atoms with van der Waals surface area (Å²) in [7, 11) is -2.03. The molecular formula is C12H17N3O5S. The third-order valence-corrected chi connectivity index (χ3v) is 5.43. The lowest BCUT2D eigenvalue weighted by Gasteiger charge is -2.31. The molecule has 2 rings (SSSR count). The minimum atomic E-state index is -3.80. The number of nitrogens with zero attached hydrogens (tertiary/aromatic N) is 2. The number of rotatable bonds is 4.